The molecule has 2 N–H and O–H groups in total. The minimum atomic E-state index is -0.398. The van der Waals surface area contributed by atoms with Gasteiger partial charge in [0.2, 0.25) is 0 Å². The second kappa shape index (κ2) is 7.63. The van der Waals surface area contributed by atoms with Crippen LogP contribution in [0.2, 0.25) is 0 Å². The Balaban J connectivity index is 2.54. The largest absolute Gasteiger partial charge is 0.504 e. The van der Waals surface area contributed by atoms with Crippen LogP contribution in [0.15, 0.2) is 18.2 Å². The summed E-state index contributed by atoms with van der Waals surface area (Å²) in [5.41, 5.74) is 0.379. The van der Waals surface area contributed by atoms with Gasteiger partial charge in [-0.1, -0.05) is 0 Å². The standard InChI is InChI=1S/C14H21NO4/c1-4-15(5-2)8-9-19-14(17)11-6-7-12(16)13(10-11)18-3/h6-7,10,16H,4-5,8-9H2,1-3H3/p+1. The fourth-order valence-corrected chi connectivity index (χ4v) is 1.78. The van der Waals surface area contributed by atoms with Gasteiger partial charge >= 0.3 is 5.97 Å². The van der Waals surface area contributed by atoms with E-state index in [1.165, 1.54) is 30.2 Å². The molecule has 0 aromatic heterocycles. The zero-order valence-corrected chi connectivity index (χ0v) is 11.7. The van der Waals surface area contributed by atoms with Crippen LogP contribution >= 0.6 is 0 Å². The summed E-state index contributed by atoms with van der Waals surface area (Å²) in [4.78, 5) is 13.2. The first-order valence-electron chi connectivity index (χ1n) is 6.50. The molecule has 1 aromatic rings. The van der Waals surface area contributed by atoms with Crippen LogP contribution in [0.1, 0.15) is 24.2 Å². The Hall–Kier alpha value is -1.75. The lowest BCUT2D eigenvalue weighted by Crippen LogP contribution is -3.11. The number of hydrogen-bond donors (Lipinski definition) is 2. The number of methoxy groups -OCH3 is 1. The molecule has 0 heterocycles. The van der Waals surface area contributed by atoms with E-state index in [4.69, 9.17) is 9.47 Å². The number of carbonyl (C=O) groups is 1. The van der Waals surface area contributed by atoms with E-state index < -0.39 is 5.97 Å². The van der Waals surface area contributed by atoms with Crippen molar-refractivity contribution in [1.82, 2.24) is 0 Å². The van der Waals surface area contributed by atoms with Crippen LogP contribution in [0.3, 0.4) is 0 Å². The van der Waals surface area contributed by atoms with E-state index in [-0.39, 0.29) is 11.5 Å². The topological polar surface area (TPSA) is 60.2 Å². The van der Waals surface area contributed by atoms with Crippen LogP contribution in [0, 0.1) is 0 Å². The molecule has 0 aliphatic rings. The molecule has 1 aromatic carbocycles. The molecule has 19 heavy (non-hydrogen) atoms. The third-order valence-electron chi connectivity index (χ3n) is 3.10. The van der Waals surface area contributed by atoms with Gasteiger partial charge < -0.3 is 19.5 Å². The number of quaternary nitrogens is 1. The number of ether oxygens (including phenoxy) is 2. The lowest BCUT2D eigenvalue weighted by molar-refractivity contribution is -0.896. The van der Waals surface area contributed by atoms with Crippen LogP contribution in [-0.2, 0) is 4.74 Å². The molecule has 0 unspecified atom stereocenters. The van der Waals surface area contributed by atoms with E-state index in [2.05, 4.69) is 13.8 Å². The highest BCUT2D eigenvalue weighted by Gasteiger charge is 2.12. The number of hydrogen-bond acceptors (Lipinski definition) is 4. The van der Waals surface area contributed by atoms with E-state index >= 15 is 0 Å². The van der Waals surface area contributed by atoms with Gasteiger partial charge in [0.1, 0.15) is 13.2 Å². The van der Waals surface area contributed by atoms with Crippen molar-refractivity contribution in [2.24, 2.45) is 0 Å². The molecule has 1 rings (SSSR count). The molecule has 0 fully saturated rings. The smallest absolute Gasteiger partial charge is 0.338 e. The zero-order valence-electron chi connectivity index (χ0n) is 11.7. The molecule has 0 amide bonds. The molecular formula is C14H22NO4+. The van der Waals surface area contributed by atoms with Gasteiger partial charge in [0.25, 0.3) is 0 Å². The van der Waals surface area contributed by atoms with Gasteiger partial charge in [-0.15, -0.1) is 0 Å². The molecule has 5 nitrogen and oxygen atoms in total. The van der Waals surface area contributed by atoms with Crippen LogP contribution in [0.4, 0.5) is 0 Å². The Morgan fingerprint density at radius 3 is 2.58 bits per heavy atom. The molecule has 0 saturated carbocycles. The normalized spacial score (nSPS) is 10.5. The molecule has 0 atom stereocenters. The van der Waals surface area contributed by atoms with E-state index in [1.807, 2.05) is 0 Å². The number of carbonyl (C=O) groups excluding carboxylic acids is 1. The van der Waals surface area contributed by atoms with Crippen molar-refractivity contribution in [3.63, 3.8) is 0 Å². The molecule has 0 spiro atoms. The minimum Gasteiger partial charge on any atom is -0.504 e. The molecule has 0 bridgehead atoms. The highest BCUT2D eigenvalue weighted by atomic mass is 16.5. The van der Waals surface area contributed by atoms with Crippen molar-refractivity contribution in [2.45, 2.75) is 13.8 Å². The quantitative estimate of drug-likeness (QED) is 0.706. The second-order valence-electron chi connectivity index (χ2n) is 4.23. The minimum absolute atomic E-state index is 0.00614. The Labute approximate surface area is 113 Å². The second-order valence-corrected chi connectivity index (χ2v) is 4.23. The Kier molecular flexibility index (Phi) is 6.15. The summed E-state index contributed by atoms with van der Waals surface area (Å²) < 4.78 is 10.2. The van der Waals surface area contributed by atoms with Gasteiger partial charge in [0.05, 0.1) is 25.8 Å². The van der Waals surface area contributed by atoms with Crippen LogP contribution in [-0.4, -0.2) is 44.4 Å². The number of rotatable bonds is 7. The Morgan fingerprint density at radius 1 is 1.32 bits per heavy atom. The first kappa shape index (κ1) is 15.3. The predicted octanol–water partition coefficient (Wildman–Crippen LogP) is 0.482. The first-order chi connectivity index (χ1) is 9.12. The fourth-order valence-electron chi connectivity index (χ4n) is 1.78. The van der Waals surface area contributed by atoms with Crippen molar-refractivity contribution in [1.29, 1.82) is 0 Å². The molecule has 0 aliphatic carbocycles. The maximum Gasteiger partial charge on any atom is 0.338 e. The van der Waals surface area contributed by atoms with Crippen molar-refractivity contribution >= 4 is 5.97 Å². The molecule has 0 aliphatic heterocycles. The Bertz CT molecular complexity index is 416. The summed E-state index contributed by atoms with van der Waals surface area (Å²) in [5.74, 6) is -0.125. The number of phenols is 1. The van der Waals surface area contributed by atoms with Gasteiger partial charge in [-0.05, 0) is 32.0 Å². The summed E-state index contributed by atoms with van der Waals surface area (Å²) in [6, 6.07) is 4.41. The SMILES string of the molecule is CC[NH+](CC)CCOC(=O)c1ccc(O)c(OC)c1. The van der Waals surface area contributed by atoms with Gasteiger partial charge in [0.15, 0.2) is 11.5 Å². The molecule has 0 radical (unpaired) electrons. The summed E-state index contributed by atoms with van der Waals surface area (Å²) >= 11 is 0. The van der Waals surface area contributed by atoms with Crippen LogP contribution < -0.4 is 9.64 Å². The summed E-state index contributed by atoms with van der Waals surface area (Å²) in [6.45, 7) is 7.42. The highest BCUT2D eigenvalue weighted by molar-refractivity contribution is 5.90. The first-order valence-corrected chi connectivity index (χ1v) is 6.50. The van der Waals surface area contributed by atoms with Crippen molar-refractivity contribution in [3.8, 4) is 11.5 Å². The Morgan fingerprint density at radius 2 is 2.00 bits per heavy atom. The fraction of sp³-hybridized carbons (Fsp3) is 0.500. The van der Waals surface area contributed by atoms with Gasteiger partial charge in [-0.2, -0.15) is 0 Å². The van der Waals surface area contributed by atoms with E-state index in [1.54, 1.807) is 0 Å². The number of nitrogens with one attached hydrogen (secondary N) is 1. The van der Waals surface area contributed by atoms with Gasteiger partial charge in [-0.25, -0.2) is 4.79 Å². The zero-order chi connectivity index (χ0) is 14.3. The lowest BCUT2D eigenvalue weighted by atomic mass is 10.2. The van der Waals surface area contributed by atoms with Crippen molar-refractivity contribution in [2.75, 3.05) is 33.4 Å². The number of benzene rings is 1. The molecule has 106 valence electrons. The molecular weight excluding hydrogens is 246 g/mol. The maximum absolute atomic E-state index is 11.8. The lowest BCUT2D eigenvalue weighted by Gasteiger charge is -2.15. The van der Waals surface area contributed by atoms with Crippen LogP contribution in [0.25, 0.3) is 0 Å². The maximum atomic E-state index is 11.8. The van der Waals surface area contributed by atoms with Crippen LogP contribution in [0.5, 0.6) is 11.5 Å². The third-order valence-corrected chi connectivity index (χ3v) is 3.10. The van der Waals surface area contributed by atoms with E-state index in [0.29, 0.717) is 12.2 Å². The number of aromatic hydroxyl groups is 1. The summed E-state index contributed by atoms with van der Waals surface area (Å²) in [7, 11) is 1.44. The highest BCUT2D eigenvalue weighted by Crippen LogP contribution is 2.26. The number of likely N-dealkylation sites (N-methyl/N-ethyl adjacent to an activating group) is 1. The molecule has 5 heteroatoms. The number of esters is 1. The van der Waals surface area contributed by atoms with Gasteiger partial charge in [0, 0.05) is 0 Å². The third kappa shape index (κ3) is 4.44. The van der Waals surface area contributed by atoms with Crippen molar-refractivity contribution < 1.29 is 24.3 Å². The van der Waals surface area contributed by atoms with E-state index in [0.717, 1.165) is 19.6 Å². The van der Waals surface area contributed by atoms with Gasteiger partial charge in [-0.3, -0.25) is 0 Å². The average Bonchev–Trinajstić information content (AvgIpc) is 2.44. The number of phenolic OH excluding ortho intramolecular Hbond substituents is 1. The average molecular weight is 268 g/mol. The predicted molar refractivity (Wildman–Crippen MR) is 71.9 cm³/mol. The van der Waals surface area contributed by atoms with Crippen molar-refractivity contribution in [3.05, 3.63) is 23.8 Å². The summed E-state index contributed by atoms with van der Waals surface area (Å²) in [5, 5.41) is 9.45. The summed E-state index contributed by atoms with van der Waals surface area (Å²) in [6.07, 6.45) is 0. The monoisotopic (exact) mass is 268 g/mol. The van der Waals surface area contributed by atoms with E-state index in [9.17, 15) is 9.90 Å². The molecule has 0 saturated heterocycles.